The van der Waals surface area contributed by atoms with Crippen LogP contribution in [-0.2, 0) is 24.3 Å². The molecule has 3 heterocycles. The molecular weight excluding hydrogens is 378 g/mol. The van der Waals surface area contributed by atoms with Gasteiger partial charge in [0.2, 0.25) is 5.91 Å². The summed E-state index contributed by atoms with van der Waals surface area (Å²) in [6, 6.07) is 10.4. The predicted octanol–water partition coefficient (Wildman–Crippen LogP) is 2.74. The number of carbonyl (C=O) groups excluding carboxylic acids is 2. The number of aryl methyl sites for hydroxylation is 2. The largest absolute Gasteiger partial charge is 0.356 e. The van der Waals surface area contributed by atoms with Gasteiger partial charge < -0.3 is 15.2 Å². The Morgan fingerprint density at radius 3 is 2.90 bits per heavy atom. The van der Waals surface area contributed by atoms with E-state index in [1.807, 2.05) is 36.9 Å². The number of fused-ring (bicyclic) bond motifs is 2. The smallest absolute Gasteiger partial charge is 0.254 e. The molecule has 158 valence electrons. The van der Waals surface area contributed by atoms with Crippen LogP contribution in [0, 0.1) is 5.92 Å². The van der Waals surface area contributed by atoms with Gasteiger partial charge in [0.1, 0.15) is 0 Å². The Morgan fingerprint density at radius 2 is 2.07 bits per heavy atom. The maximum Gasteiger partial charge on any atom is 0.254 e. The summed E-state index contributed by atoms with van der Waals surface area (Å²) >= 11 is 0. The normalized spacial score (nSPS) is 15.9. The van der Waals surface area contributed by atoms with Gasteiger partial charge in [0.25, 0.3) is 5.91 Å². The molecule has 2 aromatic heterocycles. The quantitative estimate of drug-likeness (QED) is 0.632. The maximum absolute atomic E-state index is 12.4. The molecule has 2 N–H and O–H groups in total. The van der Waals surface area contributed by atoms with Gasteiger partial charge in [0.15, 0.2) is 0 Å². The Kier molecular flexibility index (Phi) is 5.88. The van der Waals surface area contributed by atoms with Crippen LogP contribution < -0.4 is 10.6 Å². The molecule has 7 nitrogen and oxygen atoms in total. The Balaban J connectivity index is 1.29. The maximum atomic E-state index is 12.4. The van der Waals surface area contributed by atoms with Gasteiger partial charge in [-0.25, -0.2) is 0 Å². The highest BCUT2D eigenvalue weighted by Crippen LogP contribution is 2.23. The predicted molar refractivity (Wildman–Crippen MR) is 116 cm³/mol. The zero-order chi connectivity index (χ0) is 21.1. The first kappa shape index (κ1) is 20.2. The fourth-order valence-corrected chi connectivity index (χ4v) is 4.11. The van der Waals surface area contributed by atoms with Crippen LogP contribution in [0.2, 0.25) is 0 Å². The minimum absolute atomic E-state index is 0.0598. The zero-order valence-corrected chi connectivity index (χ0v) is 17.6. The molecule has 2 amide bonds. The molecule has 1 aromatic carbocycles. The van der Waals surface area contributed by atoms with Gasteiger partial charge in [0, 0.05) is 43.8 Å². The minimum atomic E-state index is -0.0742. The van der Waals surface area contributed by atoms with E-state index in [-0.39, 0.29) is 17.9 Å². The van der Waals surface area contributed by atoms with Crippen LogP contribution in [0.5, 0.6) is 0 Å². The van der Waals surface area contributed by atoms with E-state index in [1.165, 1.54) is 5.39 Å². The lowest BCUT2D eigenvalue weighted by molar-refractivity contribution is -0.121. The summed E-state index contributed by atoms with van der Waals surface area (Å²) in [5.74, 6) is 0.302. The van der Waals surface area contributed by atoms with Crippen molar-refractivity contribution in [3.05, 3.63) is 54.0 Å². The molecule has 4 rings (SSSR count). The molecule has 0 fully saturated rings. The van der Waals surface area contributed by atoms with E-state index in [4.69, 9.17) is 0 Å². The number of para-hydroxylation sites is 1. The molecular formula is C23H29N5O2. The Labute approximate surface area is 176 Å². The van der Waals surface area contributed by atoms with Crippen molar-refractivity contribution in [1.82, 2.24) is 25.0 Å². The fourth-order valence-electron chi connectivity index (χ4n) is 4.11. The molecule has 0 aliphatic carbocycles. The number of amides is 2. The number of carbonyl (C=O) groups is 2. The monoisotopic (exact) mass is 407 g/mol. The summed E-state index contributed by atoms with van der Waals surface area (Å²) in [6.07, 6.45) is 5.84. The molecule has 30 heavy (non-hydrogen) atoms. The first-order valence-corrected chi connectivity index (χ1v) is 10.7. The van der Waals surface area contributed by atoms with E-state index in [1.54, 1.807) is 6.20 Å². The van der Waals surface area contributed by atoms with Crippen molar-refractivity contribution in [2.24, 2.45) is 5.92 Å². The molecule has 0 saturated heterocycles. The second-order valence-corrected chi connectivity index (χ2v) is 8.34. The van der Waals surface area contributed by atoms with Crippen molar-refractivity contribution in [1.29, 1.82) is 0 Å². The van der Waals surface area contributed by atoms with Crippen LogP contribution in [0.1, 0.15) is 42.7 Å². The molecule has 0 saturated carbocycles. The summed E-state index contributed by atoms with van der Waals surface area (Å²) in [4.78, 5) is 24.8. The van der Waals surface area contributed by atoms with Crippen LogP contribution in [0.15, 0.2) is 42.7 Å². The number of hydrogen-bond donors (Lipinski definition) is 2. The third-order valence-corrected chi connectivity index (χ3v) is 5.69. The SMILES string of the molecule is CC(C)NC(=O)c1cnn2c1C[C@@H](CNC(=O)CCn1ccc3ccccc31)CC2. The molecule has 1 atom stereocenters. The molecule has 0 unspecified atom stereocenters. The first-order valence-electron chi connectivity index (χ1n) is 10.7. The van der Waals surface area contributed by atoms with Gasteiger partial charge in [-0.05, 0) is 50.1 Å². The topological polar surface area (TPSA) is 81.0 Å². The third kappa shape index (κ3) is 4.40. The summed E-state index contributed by atoms with van der Waals surface area (Å²) in [7, 11) is 0. The van der Waals surface area contributed by atoms with Crippen LogP contribution >= 0.6 is 0 Å². The van der Waals surface area contributed by atoms with Gasteiger partial charge in [0.05, 0.1) is 17.5 Å². The van der Waals surface area contributed by atoms with E-state index >= 15 is 0 Å². The lowest BCUT2D eigenvalue weighted by Gasteiger charge is -2.24. The third-order valence-electron chi connectivity index (χ3n) is 5.69. The Bertz CT molecular complexity index is 1050. The van der Waals surface area contributed by atoms with Gasteiger partial charge in [-0.2, -0.15) is 5.10 Å². The van der Waals surface area contributed by atoms with Crippen LogP contribution in [-0.4, -0.2) is 38.7 Å². The lowest BCUT2D eigenvalue weighted by atomic mass is 9.94. The molecule has 7 heteroatoms. The fraction of sp³-hybridized carbons (Fsp3) is 0.435. The molecule has 1 aliphatic rings. The molecule has 1 aliphatic heterocycles. The molecule has 0 bridgehead atoms. The lowest BCUT2D eigenvalue weighted by Crippen LogP contribution is -2.35. The summed E-state index contributed by atoms with van der Waals surface area (Å²) in [6.45, 7) is 5.96. The highest BCUT2D eigenvalue weighted by Gasteiger charge is 2.25. The highest BCUT2D eigenvalue weighted by atomic mass is 16.2. The van der Waals surface area contributed by atoms with Crippen molar-refractivity contribution >= 4 is 22.7 Å². The highest BCUT2D eigenvalue weighted by molar-refractivity contribution is 5.95. The number of nitrogens with zero attached hydrogens (tertiary/aromatic N) is 3. The summed E-state index contributed by atoms with van der Waals surface area (Å²) < 4.78 is 4.04. The van der Waals surface area contributed by atoms with Crippen molar-refractivity contribution in [3.63, 3.8) is 0 Å². The van der Waals surface area contributed by atoms with E-state index < -0.39 is 0 Å². The number of benzene rings is 1. The first-order chi connectivity index (χ1) is 14.5. The van der Waals surface area contributed by atoms with Gasteiger partial charge >= 0.3 is 0 Å². The van der Waals surface area contributed by atoms with Gasteiger partial charge in [-0.3, -0.25) is 14.3 Å². The van der Waals surface area contributed by atoms with Crippen molar-refractivity contribution < 1.29 is 9.59 Å². The number of aromatic nitrogens is 3. The van der Waals surface area contributed by atoms with E-state index in [0.717, 1.165) is 30.6 Å². The van der Waals surface area contributed by atoms with E-state index in [0.29, 0.717) is 31.0 Å². The van der Waals surface area contributed by atoms with Crippen LogP contribution in [0.4, 0.5) is 0 Å². The minimum Gasteiger partial charge on any atom is -0.356 e. The van der Waals surface area contributed by atoms with Gasteiger partial charge in [-0.15, -0.1) is 0 Å². The number of hydrogen-bond acceptors (Lipinski definition) is 3. The van der Waals surface area contributed by atoms with Crippen molar-refractivity contribution in [2.75, 3.05) is 6.54 Å². The molecule has 0 spiro atoms. The van der Waals surface area contributed by atoms with Crippen LogP contribution in [0.25, 0.3) is 10.9 Å². The van der Waals surface area contributed by atoms with Gasteiger partial charge in [-0.1, -0.05) is 18.2 Å². The Morgan fingerprint density at radius 1 is 1.23 bits per heavy atom. The van der Waals surface area contributed by atoms with E-state index in [2.05, 4.69) is 38.5 Å². The number of nitrogens with one attached hydrogen (secondary N) is 2. The van der Waals surface area contributed by atoms with Crippen molar-refractivity contribution in [3.8, 4) is 0 Å². The standard InChI is InChI=1S/C23H29N5O2/c1-16(2)26-23(30)19-15-25-28-12-7-17(13-21(19)28)14-24-22(29)9-11-27-10-8-18-5-3-4-6-20(18)27/h3-6,8,10,15-17H,7,9,11-14H2,1-2H3,(H,24,29)(H,26,30)/t17-/m0/s1. The Hall–Kier alpha value is -3.09. The average molecular weight is 408 g/mol. The van der Waals surface area contributed by atoms with Crippen LogP contribution in [0.3, 0.4) is 0 Å². The second kappa shape index (κ2) is 8.73. The zero-order valence-electron chi connectivity index (χ0n) is 17.6. The average Bonchev–Trinajstić information content (AvgIpc) is 3.34. The summed E-state index contributed by atoms with van der Waals surface area (Å²) in [5.41, 5.74) is 2.77. The summed E-state index contributed by atoms with van der Waals surface area (Å²) in [5, 5.41) is 11.6. The number of rotatable bonds is 7. The van der Waals surface area contributed by atoms with E-state index in [9.17, 15) is 9.59 Å². The molecule has 0 radical (unpaired) electrons. The second-order valence-electron chi connectivity index (χ2n) is 8.34. The molecule has 3 aromatic rings. The van der Waals surface area contributed by atoms with Crippen molar-refractivity contribution in [2.45, 2.75) is 52.2 Å².